The number of nitrogens with zero attached hydrogens (tertiary/aromatic N) is 2. The van der Waals surface area contributed by atoms with Crippen LogP contribution in [0.25, 0.3) is 0 Å². The van der Waals surface area contributed by atoms with Crippen molar-refractivity contribution in [3.8, 4) is 6.07 Å². The Balaban J connectivity index is 2.69. The summed E-state index contributed by atoms with van der Waals surface area (Å²) in [5, 5.41) is 7.47. The fourth-order valence-corrected chi connectivity index (χ4v) is 1.80. The smallest absolute Gasteiger partial charge is 0.228 e. The molecule has 16 heavy (non-hydrogen) atoms. The number of pyridine rings is 1. The van der Waals surface area contributed by atoms with Crippen LogP contribution in [0.3, 0.4) is 0 Å². The molecule has 0 spiro atoms. The molecule has 1 heterocycles. The molecule has 1 unspecified atom stereocenters. The van der Waals surface area contributed by atoms with Crippen molar-refractivity contribution in [2.45, 2.75) is 25.6 Å². The first-order valence-corrected chi connectivity index (χ1v) is 6.31. The van der Waals surface area contributed by atoms with Crippen LogP contribution in [-0.2, 0) is 16.6 Å². The number of nitriles is 1. The molecule has 0 aliphatic carbocycles. The molecule has 1 rings (SSSR count). The maximum atomic E-state index is 11.5. The van der Waals surface area contributed by atoms with E-state index in [2.05, 4.69) is 9.71 Å². The molecule has 0 radical (unpaired) electrons. The first-order chi connectivity index (χ1) is 7.45. The molecule has 0 amide bonds. The second-order valence-corrected chi connectivity index (χ2v) is 5.49. The molecule has 0 bridgehead atoms. The topological polar surface area (TPSA) is 82.9 Å². The summed E-state index contributed by atoms with van der Waals surface area (Å²) in [6, 6.07) is 7.05. The molecule has 0 aromatic carbocycles. The number of aromatic nitrogens is 1. The Bertz CT molecular complexity index is 505. The molecule has 6 heteroatoms. The van der Waals surface area contributed by atoms with Crippen molar-refractivity contribution in [3.63, 3.8) is 0 Å². The van der Waals surface area contributed by atoms with Crippen LogP contribution in [0.5, 0.6) is 0 Å². The number of nitrogens with one attached hydrogen (secondary N) is 1. The van der Waals surface area contributed by atoms with Crippen molar-refractivity contribution >= 4 is 10.0 Å². The van der Waals surface area contributed by atoms with Gasteiger partial charge >= 0.3 is 0 Å². The summed E-state index contributed by atoms with van der Waals surface area (Å²) in [5.74, 6) is 0. The zero-order valence-electron chi connectivity index (χ0n) is 9.14. The maximum absolute atomic E-state index is 11.5. The van der Waals surface area contributed by atoms with Crippen LogP contribution in [0, 0.1) is 18.3 Å². The van der Waals surface area contributed by atoms with Crippen molar-refractivity contribution in [1.82, 2.24) is 9.71 Å². The van der Waals surface area contributed by atoms with Crippen molar-refractivity contribution in [3.05, 3.63) is 29.6 Å². The van der Waals surface area contributed by atoms with Gasteiger partial charge in [0.25, 0.3) is 0 Å². The first kappa shape index (κ1) is 12.6. The molecule has 1 N–H and O–H groups in total. The van der Waals surface area contributed by atoms with E-state index >= 15 is 0 Å². The number of aryl methyl sites for hydroxylation is 1. The number of hydrogen-bond acceptors (Lipinski definition) is 4. The fourth-order valence-electron chi connectivity index (χ4n) is 1.07. The van der Waals surface area contributed by atoms with Crippen LogP contribution in [0.15, 0.2) is 18.2 Å². The zero-order chi connectivity index (χ0) is 12.2. The zero-order valence-corrected chi connectivity index (χ0v) is 9.95. The quantitative estimate of drug-likeness (QED) is 0.839. The molecule has 0 fully saturated rings. The van der Waals surface area contributed by atoms with Crippen molar-refractivity contribution in [2.75, 3.05) is 0 Å². The summed E-state index contributed by atoms with van der Waals surface area (Å²) < 4.78 is 25.3. The van der Waals surface area contributed by atoms with Crippen LogP contribution in [-0.4, -0.2) is 18.7 Å². The van der Waals surface area contributed by atoms with Gasteiger partial charge in [0.2, 0.25) is 10.0 Å². The monoisotopic (exact) mass is 239 g/mol. The van der Waals surface area contributed by atoms with E-state index in [0.29, 0.717) is 5.69 Å². The summed E-state index contributed by atoms with van der Waals surface area (Å²) >= 11 is 0. The highest BCUT2D eigenvalue weighted by molar-refractivity contribution is 7.90. The molecule has 0 aliphatic rings. The third-order valence-electron chi connectivity index (χ3n) is 2.05. The molecular formula is C10H13N3O2S. The summed E-state index contributed by atoms with van der Waals surface area (Å²) in [4.78, 5) is 4.15. The molecule has 1 aromatic heterocycles. The predicted molar refractivity (Wildman–Crippen MR) is 59.8 cm³/mol. The Morgan fingerprint density at radius 1 is 1.56 bits per heavy atom. The fraction of sp³-hybridized carbons (Fsp3) is 0.400. The average Bonchev–Trinajstić information content (AvgIpc) is 2.25. The standard InChI is InChI=1S/C10H13N3O2S/c1-8-4-3-5-10(13-8)7-12-16(14,15)9(2)6-11/h3-5,9,12H,7H2,1-2H3. The van der Waals surface area contributed by atoms with E-state index in [1.54, 1.807) is 18.2 Å². The van der Waals surface area contributed by atoms with Crippen LogP contribution >= 0.6 is 0 Å². The van der Waals surface area contributed by atoms with Gasteiger partial charge < -0.3 is 0 Å². The summed E-state index contributed by atoms with van der Waals surface area (Å²) in [6.07, 6.45) is 0. The summed E-state index contributed by atoms with van der Waals surface area (Å²) in [5.41, 5.74) is 1.46. The molecular weight excluding hydrogens is 226 g/mol. The molecule has 0 saturated heterocycles. The van der Waals surface area contributed by atoms with E-state index in [1.165, 1.54) is 6.92 Å². The molecule has 1 aromatic rings. The van der Waals surface area contributed by atoms with Crippen molar-refractivity contribution < 1.29 is 8.42 Å². The average molecular weight is 239 g/mol. The van der Waals surface area contributed by atoms with Crippen molar-refractivity contribution in [1.29, 1.82) is 5.26 Å². The van der Waals surface area contributed by atoms with Gasteiger partial charge in [-0.1, -0.05) is 6.07 Å². The lowest BCUT2D eigenvalue weighted by molar-refractivity contribution is 0.576. The van der Waals surface area contributed by atoms with E-state index < -0.39 is 15.3 Å². The normalized spacial score (nSPS) is 13.1. The summed E-state index contributed by atoms with van der Waals surface area (Å²) in [6.45, 7) is 3.28. The van der Waals surface area contributed by atoms with Gasteiger partial charge in [0.15, 0.2) is 5.25 Å². The Hall–Kier alpha value is -1.45. The van der Waals surface area contributed by atoms with Crippen LogP contribution < -0.4 is 4.72 Å². The second kappa shape index (κ2) is 5.05. The minimum absolute atomic E-state index is 0.107. The number of sulfonamides is 1. The van der Waals surface area contributed by atoms with E-state index in [-0.39, 0.29) is 6.54 Å². The molecule has 1 atom stereocenters. The molecule has 5 nitrogen and oxygen atoms in total. The molecule has 0 saturated carbocycles. The van der Waals surface area contributed by atoms with Gasteiger partial charge in [0.1, 0.15) is 0 Å². The van der Waals surface area contributed by atoms with Crippen LogP contribution in [0.2, 0.25) is 0 Å². The van der Waals surface area contributed by atoms with E-state index in [4.69, 9.17) is 5.26 Å². The van der Waals surface area contributed by atoms with Gasteiger partial charge in [0.05, 0.1) is 18.3 Å². The van der Waals surface area contributed by atoms with E-state index in [9.17, 15) is 8.42 Å². The van der Waals surface area contributed by atoms with Crippen molar-refractivity contribution in [2.24, 2.45) is 0 Å². The Labute approximate surface area is 95.2 Å². The predicted octanol–water partition coefficient (Wildman–Crippen LogP) is 0.722. The first-order valence-electron chi connectivity index (χ1n) is 4.76. The van der Waals surface area contributed by atoms with E-state index in [0.717, 1.165) is 5.69 Å². The summed E-state index contributed by atoms with van der Waals surface area (Å²) in [7, 11) is -3.57. The third-order valence-corrected chi connectivity index (χ3v) is 3.63. The lowest BCUT2D eigenvalue weighted by Crippen LogP contribution is -2.31. The van der Waals surface area contributed by atoms with Gasteiger partial charge in [-0.25, -0.2) is 13.1 Å². The highest BCUT2D eigenvalue weighted by Crippen LogP contribution is 2.01. The molecule has 0 aliphatic heterocycles. The highest BCUT2D eigenvalue weighted by atomic mass is 32.2. The highest BCUT2D eigenvalue weighted by Gasteiger charge is 2.19. The van der Waals surface area contributed by atoms with Crippen LogP contribution in [0.1, 0.15) is 18.3 Å². The Morgan fingerprint density at radius 3 is 2.81 bits per heavy atom. The van der Waals surface area contributed by atoms with Gasteiger partial charge in [-0.2, -0.15) is 5.26 Å². The van der Waals surface area contributed by atoms with Gasteiger partial charge in [-0.15, -0.1) is 0 Å². The maximum Gasteiger partial charge on any atom is 0.228 e. The lowest BCUT2D eigenvalue weighted by Gasteiger charge is -2.07. The molecule has 86 valence electrons. The Morgan fingerprint density at radius 2 is 2.25 bits per heavy atom. The second-order valence-electron chi connectivity index (χ2n) is 3.41. The SMILES string of the molecule is Cc1cccc(CNS(=O)(=O)C(C)C#N)n1. The number of rotatable bonds is 4. The van der Waals surface area contributed by atoms with E-state index in [1.807, 2.05) is 13.0 Å². The van der Waals surface area contributed by atoms with Gasteiger partial charge in [-0.3, -0.25) is 4.98 Å². The Kier molecular flexibility index (Phi) is 3.99. The lowest BCUT2D eigenvalue weighted by atomic mass is 10.3. The minimum Gasteiger partial charge on any atom is -0.257 e. The van der Waals surface area contributed by atoms with Crippen LogP contribution in [0.4, 0.5) is 0 Å². The van der Waals surface area contributed by atoms with Gasteiger partial charge in [0, 0.05) is 5.69 Å². The largest absolute Gasteiger partial charge is 0.257 e. The number of hydrogen-bond donors (Lipinski definition) is 1. The minimum atomic E-state index is -3.57. The van der Waals surface area contributed by atoms with Gasteiger partial charge in [-0.05, 0) is 26.0 Å². The third kappa shape index (κ3) is 3.29.